The van der Waals surface area contributed by atoms with Gasteiger partial charge in [0.05, 0.1) is 5.92 Å². The van der Waals surface area contributed by atoms with Crippen molar-refractivity contribution in [2.75, 3.05) is 11.9 Å². The first-order valence-corrected chi connectivity index (χ1v) is 7.41. The summed E-state index contributed by atoms with van der Waals surface area (Å²) in [6, 6.07) is 6.76. The van der Waals surface area contributed by atoms with Gasteiger partial charge in [-0.25, -0.2) is 0 Å². The van der Waals surface area contributed by atoms with Crippen LogP contribution >= 0.6 is 0 Å². The van der Waals surface area contributed by atoms with E-state index in [0.717, 1.165) is 0 Å². The Kier molecular flexibility index (Phi) is 4.35. The van der Waals surface area contributed by atoms with Gasteiger partial charge in [0.25, 0.3) is 0 Å². The van der Waals surface area contributed by atoms with Crippen molar-refractivity contribution >= 4 is 23.3 Å². The predicted molar refractivity (Wildman–Crippen MR) is 84.6 cm³/mol. The highest BCUT2D eigenvalue weighted by Gasteiger charge is 2.39. The number of carbonyl (C=O) groups excluding carboxylic acids is 3. The molecule has 0 spiro atoms. The number of rotatable bonds is 3. The second-order valence-corrected chi connectivity index (χ2v) is 6.70. The van der Waals surface area contributed by atoms with Gasteiger partial charge in [-0.15, -0.1) is 0 Å². The van der Waals surface area contributed by atoms with Crippen molar-refractivity contribution in [3.05, 3.63) is 29.8 Å². The highest BCUT2D eigenvalue weighted by atomic mass is 16.2. The van der Waals surface area contributed by atoms with Crippen LogP contribution in [0.5, 0.6) is 0 Å². The molecule has 5 heteroatoms. The largest absolute Gasteiger partial charge is 0.337 e. The van der Waals surface area contributed by atoms with Gasteiger partial charge in [-0.2, -0.15) is 0 Å². The van der Waals surface area contributed by atoms with Crippen LogP contribution in [0.25, 0.3) is 0 Å². The highest BCUT2D eigenvalue weighted by Crippen LogP contribution is 2.26. The molecule has 2 rings (SSSR count). The zero-order valence-electron chi connectivity index (χ0n) is 13.5. The summed E-state index contributed by atoms with van der Waals surface area (Å²) in [6.07, 6.45) is 0.245. The van der Waals surface area contributed by atoms with E-state index in [1.165, 1.54) is 6.92 Å². The van der Waals surface area contributed by atoms with Gasteiger partial charge >= 0.3 is 0 Å². The number of hydrogen-bond donors (Lipinski definition) is 1. The normalized spacial score (nSPS) is 18.5. The van der Waals surface area contributed by atoms with Gasteiger partial charge in [-0.3, -0.25) is 14.4 Å². The van der Waals surface area contributed by atoms with E-state index >= 15 is 0 Å². The van der Waals surface area contributed by atoms with E-state index in [2.05, 4.69) is 5.32 Å². The molecule has 1 fully saturated rings. The van der Waals surface area contributed by atoms with Crippen LogP contribution in [0.4, 0.5) is 5.69 Å². The van der Waals surface area contributed by atoms with E-state index in [9.17, 15) is 14.4 Å². The maximum Gasteiger partial charge on any atom is 0.229 e. The van der Waals surface area contributed by atoms with Crippen molar-refractivity contribution < 1.29 is 14.4 Å². The molecule has 0 aliphatic carbocycles. The summed E-state index contributed by atoms with van der Waals surface area (Å²) >= 11 is 0. The monoisotopic (exact) mass is 302 g/mol. The molecule has 1 aliphatic heterocycles. The molecular weight excluding hydrogens is 280 g/mol. The number of Topliss-reactive ketones (excluding diaryl/α,β-unsaturated/α-hetero) is 1. The summed E-state index contributed by atoms with van der Waals surface area (Å²) < 4.78 is 0. The van der Waals surface area contributed by atoms with Crippen LogP contribution in [0.2, 0.25) is 0 Å². The molecule has 2 amide bonds. The Labute approximate surface area is 130 Å². The average molecular weight is 302 g/mol. The molecule has 1 aromatic carbocycles. The number of ketones is 1. The van der Waals surface area contributed by atoms with Crippen LogP contribution in [0, 0.1) is 5.92 Å². The van der Waals surface area contributed by atoms with Gasteiger partial charge in [0.1, 0.15) is 0 Å². The summed E-state index contributed by atoms with van der Waals surface area (Å²) in [5.74, 6) is -0.491. The molecule has 5 nitrogen and oxygen atoms in total. The molecule has 0 bridgehead atoms. The Morgan fingerprint density at radius 1 is 1.18 bits per heavy atom. The van der Waals surface area contributed by atoms with E-state index < -0.39 is 0 Å². The average Bonchev–Trinajstić information content (AvgIpc) is 2.81. The minimum atomic E-state index is -0.334. The minimum Gasteiger partial charge on any atom is -0.337 e. The van der Waals surface area contributed by atoms with Gasteiger partial charge in [0.15, 0.2) is 5.78 Å². The van der Waals surface area contributed by atoms with Crippen LogP contribution < -0.4 is 5.32 Å². The topological polar surface area (TPSA) is 66.5 Å². The van der Waals surface area contributed by atoms with Crippen molar-refractivity contribution in [2.24, 2.45) is 5.92 Å². The lowest BCUT2D eigenvalue weighted by atomic mass is 10.1. The number of nitrogens with one attached hydrogen (secondary N) is 1. The molecule has 1 saturated heterocycles. The Hall–Kier alpha value is -2.17. The number of benzene rings is 1. The molecule has 1 aliphatic rings. The van der Waals surface area contributed by atoms with Gasteiger partial charge in [0.2, 0.25) is 11.8 Å². The van der Waals surface area contributed by atoms with Gasteiger partial charge in [0, 0.05) is 29.8 Å². The van der Waals surface area contributed by atoms with Gasteiger partial charge < -0.3 is 10.2 Å². The van der Waals surface area contributed by atoms with E-state index in [-0.39, 0.29) is 35.5 Å². The summed E-state index contributed by atoms with van der Waals surface area (Å²) in [7, 11) is 0. The molecule has 118 valence electrons. The molecule has 22 heavy (non-hydrogen) atoms. The van der Waals surface area contributed by atoms with E-state index in [1.54, 1.807) is 29.2 Å². The summed E-state index contributed by atoms with van der Waals surface area (Å²) in [5, 5.41) is 2.81. The molecule has 1 heterocycles. The molecule has 1 atom stereocenters. The Balaban J connectivity index is 2.01. The van der Waals surface area contributed by atoms with Crippen molar-refractivity contribution in [3.63, 3.8) is 0 Å². The number of hydrogen-bond acceptors (Lipinski definition) is 3. The van der Waals surface area contributed by atoms with Crippen LogP contribution in [0.3, 0.4) is 0 Å². The molecule has 1 aromatic rings. The molecule has 0 saturated carbocycles. The molecule has 1 N–H and O–H groups in total. The molecule has 0 radical (unpaired) electrons. The number of nitrogens with zero attached hydrogens (tertiary/aromatic N) is 1. The summed E-state index contributed by atoms with van der Waals surface area (Å²) in [4.78, 5) is 37.3. The molecule has 0 unspecified atom stereocenters. The molecule has 0 aromatic heterocycles. The third kappa shape index (κ3) is 3.53. The Morgan fingerprint density at radius 3 is 2.23 bits per heavy atom. The second kappa shape index (κ2) is 5.91. The van der Waals surface area contributed by atoms with Crippen LogP contribution in [-0.4, -0.2) is 34.6 Å². The predicted octanol–water partition coefficient (Wildman–Crippen LogP) is 2.47. The Morgan fingerprint density at radius 2 is 1.77 bits per heavy atom. The SMILES string of the molecule is CC(=O)c1ccc(NC(=O)[C@H]2CC(=O)N(C(C)(C)C)C2)cc1. The first-order chi connectivity index (χ1) is 10.2. The summed E-state index contributed by atoms with van der Waals surface area (Å²) in [6.45, 7) is 7.83. The zero-order valence-corrected chi connectivity index (χ0v) is 13.5. The lowest BCUT2D eigenvalue weighted by molar-refractivity contribution is -0.131. The van der Waals surface area contributed by atoms with Gasteiger partial charge in [-0.05, 0) is 52.0 Å². The number of carbonyl (C=O) groups is 3. The summed E-state index contributed by atoms with van der Waals surface area (Å²) in [5.41, 5.74) is 0.972. The second-order valence-electron chi connectivity index (χ2n) is 6.70. The first kappa shape index (κ1) is 16.2. The fourth-order valence-corrected chi connectivity index (χ4v) is 2.56. The lowest BCUT2D eigenvalue weighted by Crippen LogP contribution is -2.42. The quantitative estimate of drug-likeness (QED) is 0.872. The minimum absolute atomic E-state index is 0.0135. The van der Waals surface area contributed by atoms with Gasteiger partial charge in [-0.1, -0.05) is 0 Å². The van der Waals surface area contributed by atoms with Crippen LogP contribution in [-0.2, 0) is 9.59 Å². The van der Waals surface area contributed by atoms with E-state index in [0.29, 0.717) is 17.8 Å². The third-order valence-electron chi connectivity index (χ3n) is 3.86. The number of amides is 2. The number of anilines is 1. The fraction of sp³-hybridized carbons (Fsp3) is 0.471. The van der Waals surface area contributed by atoms with E-state index in [1.807, 2.05) is 20.8 Å². The maximum absolute atomic E-state index is 12.3. The molecular formula is C17H22N2O3. The fourth-order valence-electron chi connectivity index (χ4n) is 2.56. The van der Waals surface area contributed by atoms with Crippen LogP contribution in [0.15, 0.2) is 24.3 Å². The Bertz CT molecular complexity index is 599. The van der Waals surface area contributed by atoms with Crippen LogP contribution in [0.1, 0.15) is 44.5 Å². The van der Waals surface area contributed by atoms with Crippen molar-refractivity contribution in [2.45, 2.75) is 39.7 Å². The van der Waals surface area contributed by atoms with E-state index in [4.69, 9.17) is 0 Å². The number of likely N-dealkylation sites (tertiary alicyclic amines) is 1. The standard InChI is InChI=1S/C17H22N2O3/c1-11(20)12-5-7-14(8-6-12)18-16(22)13-9-15(21)19(10-13)17(2,3)4/h5-8,13H,9-10H2,1-4H3,(H,18,22)/t13-/m0/s1. The highest BCUT2D eigenvalue weighted by molar-refractivity contribution is 5.98. The first-order valence-electron chi connectivity index (χ1n) is 7.41. The van der Waals surface area contributed by atoms with Crippen molar-refractivity contribution in [3.8, 4) is 0 Å². The van der Waals surface area contributed by atoms with Crippen molar-refractivity contribution in [1.29, 1.82) is 0 Å². The third-order valence-corrected chi connectivity index (χ3v) is 3.86. The maximum atomic E-state index is 12.3. The zero-order chi connectivity index (χ0) is 16.5. The smallest absolute Gasteiger partial charge is 0.229 e. The lowest BCUT2D eigenvalue weighted by Gasteiger charge is -2.31. The van der Waals surface area contributed by atoms with Crippen molar-refractivity contribution in [1.82, 2.24) is 4.90 Å².